The van der Waals surface area contributed by atoms with Crippen molar-refractivity contribution in [3.05, 3.63) is 29.8 Å². The van der Waals surface area contributed by atoms with E-state index < -0.39 is 5.92 Å². The van der Waals surface area contributed by atoms with Crippen LogP contribution in [0.2, 0.25) is 0 Å². The molecule has 0 spiro atoms. The predicted octanol–water partition coefficient (Wildman–Crippen LogP) is 3.08. The van der Waals surface area contributed by atoms with Crippen molar-refractivity contribution in [2.45, 2.75) is 46.6 Å². The van der Waals surface area contributed by atoms with E-state index in [0.717, 1.165) is 12.0 Å². The van der Waals surface area contributed by atoms with E-state index in [4.69, 9.17) is 14.2 Å². The summed E-state index contributed by atoms with van der Waals surface area (Å²) in [6.45, 7) is 9.07. The number of ether oxygens (including phenoxy) is 3. The van der Waals surface area contributed by atoms with Gasteiger partial charge < -0.3 is 19.1 Å². The maximum atomic E-state index is 12.7. The van der Waals surface area contributed by atoms with Gasteiger partial charge in [-0.3, -0.25) is 9.59 Å². The second kappa shape index (κ2) is 12.3. The first kappa shape index (κ1) is 23.0. The molecule has 0 bridgehead atoms. The summed E-state index contributed by atoms with van der Waals surface area (Å²) in [4.78, 5) is 26.0. The minimum absolute atomic E-state index is 0.0634. The fourth-order valence-electron chi connectivity index (χ4n) is 2.59. The number of methoxy groups -OCH3 is 1. The molecule has 1 unspecified atom stereocenters. The monoisotopic (exact) mass is 379 g/mol. The Labute approximate surface area is 162 Å². The van der Waals surface area contributed by atoms with Gasteiger partial charge in [0.25, 0.3) is 5.91 Å². The van der Waals surface area contributed by atoms with Crippen LogP contribution < -0.4 is 4.74 Å². The molecule has 1 aromatic carbocycles. The Balaban J connectivity index is 2.64. The van der Waals surface area contributed by atoms with Crippen molar-refractivity contribution >= 4 is 11.9 Å². The SMILES string of the molecule is CCc1cccc(OCC(=O)N(CCCOC(C)C)CC(C)C(=O)OC)c1. The number of carbonyl (C=O) groups excluding carboxylic acids is 2. The Morgan fingerprint density at radius 1 is 1.19 bits per heavy atom. The molecule has 0 saturated carbocycles. The number of amides is 1. The van der Waals surface area contributed by atoms with E-state index in [1.165, 1.54) is 7.11 Å². The lowest BCUT2D eigenvalue weighted by atomic mass is 10.1. The van der Waals surface area contributed by atoms with Gasteiger partial charge in [0.15, 0.2) is 6.61 Å². The quantitative estimate of drug-likeness (QED) is 0.412. The summed E-state index contributed by atoms with van der Waals surface area (Å²) in [5.74, 6) is -0.208. The number of nitrogens with zero attached hydrogens (tertiary/aromatic N) is 1. The zero-order valence-corrected chi connectivity index (χ0v) is 17.2. The molecular formula is C21H33NO5. The molecule has 0 aliphatic rings. The zero-order chi connectivity index (χ0) is 20.2. The molecule has 0 saturated heterocycles. The lowest BCUT2D eigenvalue weighted by Gasteiger charge is -2.25. The van der Waals surface area contributed by atoms with E-state index in [1.54, 1.807) is 11.8 Å². The molecule has 6 nitrogen and oxygen atoms in total. The topological polar surface area (TPSA) is 65.1 Å². The summed E-state index contributed by atoms with van der Waals surface area (Å²) in [6, 6.07) is 7.71. The van der Waals surface area contributed by atoms with Gasteiger partial charge in [-0.1, -0.05) is 26.0 Å². The van der Waals surface area contributed by atoms with Crippen molar-refractivity contribution in [1.29, 1.82) is 0 Å². The number of esters is 1. The molecule has 27 heavy (non-hydrogen) atoms. The van der Waals surface area contributed by atoms with Gasteiger partial charge in [-0.05, 0) is 44.4 Å². The summed E-state index contributed by atoms with van der Waals surface area (Å²) in [5.41, 5.74) is 1.15. The van der Waals surface area contributed by atoms with E-state index in [1.807, 2.05) is 38.1 Å². The Morgan fingerprint density at radius 3 is 2.56 bits per heavy atom. The molecule has 152 valence electrons. The molecule has 0 heterocycles. The van der Waals surface area contributed by atoms with E-state index in [-0.39, 0.29) is 24.6 Å². The van der Waals surface area contributed by atoms with Crippen LogP contribution in [0, 0.1) is 5.92 Å². The smallest absolute Gasteiger partial charge is 0.310 e. The van der Waals surface area contributed by atoms with Gasteiger partial charge in [0.1, 0.15) is 5.75 Å². The highest BCUT2D eigenvalue weighted by atomic mass is 16.5. The number of benzene rings is 1. The molecular weight excluding hydrogens is 346 g/mol. The number of hydrogen-bond acceptors (Lipinski definition) is 5. The first-order chi connectivity index (χ1) is 12.9. The van der Waals surface area contributed by atoms with Gasteiger partial charge in [0.05, 0.1) is 19.1 Å². The number of aryl methyl sites for hydroxylation is 1. The summed E-state index contributed by atoms with van der Waals surface area (Å²) in [7, 11) is 1.35. The van der Waals surface area contributed by atoms with E-state index in [0.29, 0.717) is 31.9 Å². The van der Waals surface area contributed by atoms with Gasteiger partial charge in [-0.15, -0.1) is 0 Å². The standard InChI is InChI=1S/C21H33NO5/c1-6-18-9-7-10-19(13-18)27-15-20(23)22(11-8-12-26-16(2)3)14-17(4)21(24)25-5/h7,9-10,13,16-17H,6,8,11-12,14-15H2,1-5H3. The van der Waals surface area contributed by atoms with E-state index in [9.17, 15) is 9.59 Å². The van der Waals surface area contributed by atoms with Crippen molar-refractivity contribution in [2.75, 3.05) is 33.4 Å². The maximum Gasteiger partial charge on any atom is 0.310 e. The molecule has 1 atom stereocenters. The number of rotatable bonds is 12. The molecule has 0 fully saturated rings. The fraction of sp³-hybridized carbons (Fsp3) is 0.619. The molecule has 1 rings (SSSR count). The van der Waals surface area contributed by atoms with E-state index in [2.05, 4.69) is 6.92 Å². The third-order valence-electron chi connectivity index (χ3n) is 4.14. The lowest BCUT2D eigenvalue weighted by molar-refractivity contribution is -0.146. The third-order valence-corrected chi connectivity index (χ3v) is 4.14. The Bertz CT molecular complexity index is 588. The van der Waals surface area contributed by atoms with Crippen LogP contribution in [0.1, 0.15) is 39.7 Å². The van der Waals surface area contributed by atoms with Crippen molar-refractivity contribution in [3.63, 3.8) is 0 Å². The maximum absolute atomic E-state index is 12.7. The second-order valence-electron chi connectivity index (χ2n) is 6.83. The van der Waals surface area contributed by atoms with Crippen LogP contribution in [0.5, 0.6) is 5.75 Å². The number of carbonyl (C=O) groups is 2. The summed E-state index contributed by atoms with van der Waals surface area (Å²) < 4.78 is 16.0. The average Bonchev–Trinajstić information content (AvgIpc) is 2.67. The van der Waals surface area contributed by atoms with Crippen LogP contribution in [0.15, 0.2) is 24.3 Å². The molecule has 6 heteroatoms. The van der Waals surface area contributed by atoms with Crippen LogP contribution in [-0.4, -0.2) is 56.3 Å². The van der Waals surface area contributed by atoms with Gasteiger partial charge in [-0.25, -0.2) is 0 Å². The average molecular weight is 379 g/mol. The van der Waals surface area contributed by atoms with Crippen LogP contribution in [0.4, 0.5) is 0 Å². The van der Waals surface area contributed by atoms with Crippen molar-refractivity contribution in [1.82, 2.24) is 4.90 Å². The molecule has 0 aliphatic carbocycles. The van der Waals surface area contributed by atoms with Crippen LogP contribution >= 0.6 is 0 Å². The largest absolute Gasteiger partial charge is 0.484 e. The third kappa shape index (κ3) is 8.91. The highest BCUT2D eigenvalue weighted by molar-refractivity contribution is 5.79. The zero-order valence-electron chi connectivity index (χ0n) is 17.2. The van der Waals surface area contributed by atoms with Crippen LogP contribution in [0.25, 0.3) is 0 Å². The highest BCUT2D eigenvalue weighted by Crippen LogP contribution is 2.14. The summed E-state index contributed by atoms with van der Waals surface area (Å²) in [6.07, 6.45) is 1.75. The predicted molar refractivity (Wildman–Crippen MR) is 105 cm³/mol. The van der Waals surface area contributed by atoms with Crippen LogP contribution in [0.3, 0.4) is 0 Å². The van der Waals surface area contributed by atoms with Gasteiger partial charge >= 0.3 is 5.97 Å². The Morgan fingerprint density at radius 2 is 1.93 bits per heavy atom. The fourth-order valence-corrected chi connectivity index (χ4v) is 2.59. The van der Waals surface area contributed by atoms with Gasteiger partial charge in [0.2, 0.25) is 0 Å². The molecule has 1 amide bonds. The first-order valence-electron chi connectivity index (χ1n) is 9.56. The number of hydrogen-bond donors (Lipinski definition) is 0. The highest BCUT2D eigenvalue weighted by Gasteiger charge is 2.21. The Kier molecular flexibility index (Phi) is 10.5. The molecule has 0 aliphatic heterocycles. The van der Waals surface area contributed by atoms with Gasteiger partial charge in [-0.2, -0.15) is 0 Å². The minimum Gasteiger partial charge on any atom is -0.484 e. The molecule has 0 radical (unpaired) electrons. The van der Waals surface area contributed by atoms with Crippen molar-refractivity contribution < 1.29 is 23.8 Å². The molecule has 0 aromatic heterocycles. The lowest BCUT2D eigenvalue weighted by Crippen LogP contribution is -2.40. The second-order valence-corrected chi connectivity index (χ2v) is 6.83. The normalized spacial score (nSPS) is 11.9. The van der Waals surface area contributed by atoms with Crippen molar-refractivity contribution in [2.24, 2.45) is 5.92 Å². The van der Waals surface area contributed by atoms with Gasteiger partial charge in [0, 0.05) is 19.7 Å². The summed E-state index contributed by atoms with van der Waals surface area (Å²) >= 11 is 0. The van der Waals surface area contributed by atoms with E-state index >= 15 is 0 Å². The summed E-state index contributed by atoms with van der Waals surface area (Å²) in [5, 5.41) is 0. The first-order valence-corrected chi connectivity index (χ1v) is 9.56. The van der Waals surface area contributed by atoms with Crippen molar-refractivity contribution in [3.8, 4) is 5.75 Å². The van der Waals surface area contributed by atoms with Crippen LogP contribution in [-0.2, 0) is 25.5 Å². The minimum atomic E-state index is -0.395. The molecule has 0 N–H and O–H groups in total. The Hall–Kier alpha value is -2.08. The molecule has 1 aromatic rings.